The third-order valence-corrected chi connectivity index (χ3v) is 2.80. The number of hydrogen-bond acceptors (Lipinski definition) is 4. The number of methoxy groups -OCH3 is 2. The fraction of sp³-hybridized carbons (Fsp3) is 0.571. The van der Waals surface area contributed by atoms with E-state index in [0.717, 1.165) is 30.9 Å². The van der Waals surface area contributed by atoms with Crippen LogP contribution in [0.1, 0.15) is 12.8 Å². The molecule has 0 radical (unpaired) electrons. The topological polar surface area (TPSA) is 39.7 Å². The van der Waals surface area contributed by atoms with Crippen LogP contribution in [0, 0.1) is 0 Å². The highest BCUT2D eigenvalue weighted by Crippen LogP contribution is 2.17. The molecule has 0 saturated carbocycles. The minimum Gasteiger partial charge on any atom is -0.497 e. The molecule has 0 aliphatic rings. The highest BCUT2D eigenvalue weighted by atomic mass is 16.5. The summed E-state index contributed by atoms with van der Waals surface area (Å²) in [4.78, 5) is 0. The second-order valence-corrected chi connectivity index (χ2v) is 4.11. The van der Waals surface area contributed by atoms with Crippen LogP contribution in [0.2, 0.25) is 0 Å². The standard InChI is InChI=1S/C14H23NO3/c1-15-12(11-16-2)5-4-10-18-14-8-6-13(17-3)7-9-14/h6-9,12,15H,4-5,10-11H2,1-3H3. The van der Waals surface area contributed by atoms with Crippen LogP contribution >= 0.6 is 0 Å². The molecule has 1 unspecified atom stereocenters. The van der Waals surface area contributed by atoms with Crippen molar-refractivity contribution in [3.05, 3.63) is 24.3 Å². The largest absolute Gasteiger partial charge is 0.497 e. The van der Waals surface area contributed by atoms with Gasteiger partial charge in [-0.3, -0.25) is 0 Å². The Morgan fingerprint density at radius 1 is 1.11 bits per heavy atom. The average Bonchev–Trinajstić information content (AvgIpc) is 2.43. The number of ether oxygens (including phenoxy) is 3. The molecular formula is C14H23NO3. The van der Waals surface area contributed by atoms with Gasteiger partial charge in [0.2, 0.25) is 0 Å². The van der Waals surface area contributed by atoms with Crippen molar-refractivity contribution in [2.45, 2.75) is 18.9 Å². The van der Waals surface area contributed by atoms with Crippen molar-refractivity contribution in [3.8, 4) is 11.5 Å². The van der Waals surface area contributed by atoms with Gasteiger partial charge < -0.3 is 19.5 Å². The van der Waals surface area contributed by atoms with Crippen molar-refractivity contribution in [1.29, 1.82) is 0 Å². The Morgan fingerprint density at radius 3 is 2.33 bits per heavy atom. The van der Waals surface area contributed by atoms with E-state index in [4.69, 9.17) is 14.2 Å². The van der Waals surface area contributed by atoms with Crippen LogP contribution in [-0.2, 0) is 4.74 Å². The van der Waals surface area contributed by atoms with E-state index in [1.54, 1.807) is 14.2 Å². The number of nitrogens with one attached hydrogen (secondary N) is 1. The lowest BCUT2D eigenvalue weighted by atomic mass is 10.2. The van der Waals surface area contributed by atoms with Crippen LogP contribution in [0.4, 0.5) is 0 Å². The van der Waals surface area contributed by atoms with Crippen molar-refractivity contribution in [2.24, 2.45) is 0 Å². The summed E-state index contributed by atoms with van der Waals surface area (Å²) in [6.45, 7) is 1.45. The van der Waals surface area contributed by atoms with Crippen LogP contribution in [0.25, 0.3) is 0 Å². The summed E-state index contributed by atoms with van der Waals surface area (Å²) in [6, 6.07) is 8.04. The van der Waals surface area contributed by atoms with Gasteiger partial charge in [-0.05, 0) is 44.2 Å². The summed E-state index contributed by atoms with van der Waals surface area (Å²) in [5.41, 5.74) is 0. The van der Waals surface area contributed by atoms with Crippen molar-refractivity contribution in [2.75, 3.05) is 34.5 Å². The van der Waals surface area contributed by atoms with Gasteiger partial charge in [0.05, 0.1) is 20.3 Å². The summed E-state index contributed by atoms with van der Waals surface area (Å²) in [5.74, 6) is 1.72. The van der Waals surface area contributed by atoms with Gasteiger partial charge in [0.15, 0.2) is 0 Å². The molecule has 0 amide bonds. The molecular weight excluding hydrogens is 230 g/mol. The van der Waals surface area contributed by atoms with Crippen molar-refractivity contribution >= 4 is 0 Å². The molecule has 1 aromatic carbocycles. The Balaban J connectivity index is 2.20. The molecule has 0 heterocycles. The van der Waals surface area contributed by atoms with Gasteiger partial charge in [0.25, 0.3) is 0 Å². The fourth-order valence-electron chi connectivity index (χ4n) is 1.70. The number of likely N-dealkylation sites (N-methyl/N-ethyl adjacent to an activating group) is 1. The van der Waals surface area contributed by atoms with Crippen LogP contribution < -0.4 is 14.8 Å². The van der Waals surface area contributed by atoms with Gasteiger partial charge >= 0.3 is 0 Å². The highest BCUT2D eigenvalue weighted by molar-refractivity contribution is 5.31. The number of rotatable bonds is 9. The molecule has 1 aromatic rings. The van der Waals surface area contributed by atoms with Gasteiger partial charge in [0.1, 0.15) is 11.5 Å². The second-order valence-electron chi connectivity index (χ2n) is 4.11. The van der Waals surface area contributed by atoms with Gasteiger partial charge in [-0.25, -0.2) is 0 Å². The third-order valence-electron chi connectivity index (χ3n) is 2.80. The average molecular weight is 253 g/mol. The molecule has 102 valence electrons. The van der Waals surface area contributed by atoms with E-state index in [9.17, 15) is 0 Å². The predicted octanol–water partition coefficient (Wildman–Crippen LogP) is 2.09. The zero-order chi connectivity index (χ0) is 13.2. The molecule has 0 aliphatic heterocycles. The third kappa shape index (κ3) is 5.38. The Bertz CT molecular complexity index is 313. The molecule has 0 fully saturated rings. The second kappa shape index (κ2) is 8.78. The minimum atomic E-state index is 0.398. The molecule has 4 heteroatoms. The number of benzene rings is 1. The first-order valence-electron chi connectivity index (χ1n) is 6.23. The lowest BCUT2D eigenvalue weighted by molar-refractivity contribution is 0.161. The zero-order valence-electron chi connectivity index (χ0n) is 11.4. The van der Waals surface area contributed by atoms with Crippen molar-refractivity contribution in [1.82, 2.24) is 5.32 Å². The van der Waals surface area contributed by atoms with Crippen molar-refractivity contribution in [3.63, 3.8) is 0 Å². The van der Waals surface area contributed by atoms with E-state index in [0.29, 0.717) is 12.6 Å². The Hall–Kier alpha value is -1.26. The van der Waals surface area contributed by atoms with E-state index < -0.39 is 0 Å². The van der Waals surface area contributed by atoms with E-state index in [1.807, 2.05) is 31.3 Å². The molecule has 0 spiro atoms. The van der Waals surface area contributed by atoms with Crippen molar-refractivity contribution < 1.29 is 14.2 Å². The Morgan fingerprint density at radius 2 is 1.78 bits per heavy atom. The van der Waals surface area contributed by atoms with Crippen LogP contribution in [0.15, 0.2) is 24.3 Å². The summed E-state index contributed by atoms with van der Waals surface area (Å²) in [5, 5.41) is 3.22. The molecule has 0 bridgehead atoms. The SMILES string of the molecule is CNC(CCCOc1ccc(OC)cc1)COC. The van der Waals surface area contributed by atoms with E-state index in [-0.39, 0.29) is 0 Å². The molecule has 1 atom stereocenters. The van der Waals surface area contributed by atoms with Crippen LogP contribution in [-0.4, -0.2) is 40.5 Å². The van der Waals surface area contributed by atoms with Gasteiger partial charge in [-0.2, -0.15) is 0 Å². The summed E-state index contributed by atoms with van der Waals surface area (Å²) in [6.07, 6.45) is 2.04. The minimum absolute atomic E-state index is 0.398. The summed E-state index contributed by atoms with van der Waals surface area (Å²) >= 11 is 0. The zero-order valence-corrected chi connectivity index (χ0v) is 11.4. The van der Waals surface area contributed by atoms with E-state index in [2.05, 4.69) is 5.32 Å². The predicted molar refractivity (Wildman–Crippen MR) is 72.4 cm³/mol. The molecule has 18 heavy (non-hydrogen) atoms. The summed E-state index contributed by atoms with van der Waals surface area (Å²) < 4.78 is 15.9. The Kier molecular flexibility index (Phi) is 7.22. The molecule has 0 aromatic heterocycles. The number of hydrogen-bond donors (Lipinski definition) is 1. The van der Waals surface area contributed by atoms with Crippen LogP contribution in [0.3, 0.4) is 0 Å². The Labute approximate surface area is 109 Å². The molecule has 4 nitrogen and oxygen atoms in total. The van der Waals surface area contributed by atoms with Gasteiger partial charge in [-0.1, -0.05) is 0 Å². The quantitative estimate of drug-likeness (QED) is 0.684. The van der Waals surface area contributed by atoms with Crippen LogP contribution in [0.5, 0.6) is 11.5 Å². The highest BCUT2D eigenvalue weighted by Gasteiger charge is 2.04. The van der Waals surface area contributed by atoms with Gasteiger partial charge in [0, 0.05) is 13.2 Å². The smallest absolute Gasteiger partial charge is 0.119 e. The first kappa shape index (κ1) is 14.8. The fourth-order valence-corrected chi connectivity index (χ4v) is 1.70. The lowest BCUT2D eigenvalue weighted by Gasteiger charge is -2.15. The lowest BCUT2D eigenvalue weighted by Crippen LogP contribution is -2.30. The maximum absolute atomic E-state index is 5.65. The maximum atomic E-state index is 5.65. The van der Waals surface area contributed by atoms with E-state index in [1.165, 1.54) is 0 Å². The first-order chi connectivity index (χ1) is 8.80. The molecule has 1 N–H and O–H groups in total. The summed E-state index contributed by atoms with van der Waals surface area (Å²) in [7, 11) is 5.33. The molecule has 1 rings (SSSR count). The first-order valence-corrected chi connectivity index (χ1v) is 6.23. The molecule has 0 saturated heterocycles. The maximum Gasteiger partial charge on any atom is 0.119 e. The monoisotopic (exact) mass is 253 g/mol. The molecule has 0 aliphatic carbocycles. The normalized spacial score (nSPS) is 12.2. The van der Waals surface area contributed by atoms with E-state index >= 15 is 0 Å². The van der Waals surface area contributed by atoms with Gasteiger partial charge in [-0.15, -0.1) is 0 Å².